The van der Waals surface area contributed by atoms with Crippen LogP contribution in [0.5, 0.6) is 11.5 Å². The van der Waals surface area contributed by atoms with E-state index in [1.807, 2.05) is 65.8 Å². The van der Waals surface area contributed by atoms with Crippen LogP contribution in [0.1, 0.15) is 112 Å². The number of Topliss-reactive ketones (excluding diaryl/α,β-unsaturated/α-hetero) is 2. The number of carboxylic acids is 1. The van der Waals surface area contributed by atoms with E-state index in [4.69, 9.17) is 14.6 Å². The number of ether oxygens (including phenoxy) is 3. The molecule has 4 aromatic carbocycles. The number of hydrogen-bond donors (Lipinski definition) is 5. The second kappa shape index (κ2) is 30.5. The first-order valence-electron chi connectivity index (χ1n) is 28.3. The van der Waals surface area contributed by atoms with Gasteiger partial charge in [0, 0.05) is 61.5 Å². The van der Waals surface area contributed by atoms with Gasteiger partial charge in [-0.05, 0) is 92.7 Å². The third kappa shape index (κ3) is 20.3. The first kappa shape index (κ1) is 71.8. The van der Waals surface area contributed by atoms with Crippen LogP contribution in [0.25, 0.3) is 0 Å². The van der Waals surface area contributed by atoms with Gasteiger partial charge in [0.2, 0.25) is 35.1 Å². The van der Waals surface area contributed by atoms with Crippen LogP contribution in [-0.4, -0.2) is 131 Å². The topological polar surface area (TPSA) is 273 Å². The lowest BCUT2D eigenvalue weighted by molar-refractivity contribution is -0.156. The minimum absolute atomic E-state index is 0.0254. The molecule has 2 heterocycles. The average molecular weight is 1280 g/mol. The number of ketones is 2. The molecule has 2 aliphatic rings. The Hall–Kier alpha value is -8.98. The first-order chi connectivity index (χ1) is 41.8. The van der Waals surface area contributed by atoms with Crippen LogP contribution in [0.3, 0.4) is 0 Å². The molecule has 20 nitrogen and oxygen atoms in total. The molecule has 0 bridgehead atoms. The third-order valence-corrected chi connectivity index (χ3v) is 14.2. The minimum Gasteiger partial charge on any atom is -0.481 e. The predicted molar refractivity (Wildman–Crippen MR) is 306 cm³/mol. The molecule has 90 heavy (non-hydrogen) atoms. The molecule has 0 spiro atoms. The van der Waals surface area contributed by atoms with Gasteiger partial charge < -0.3 is 50.4 Å². The summed E-state index contributed by atoms with van der Waals surface area (Å²) in [5.74, 6) is -28.2. The highest BCUT2D eigenvalue weighted by atomic mass is 19.2. The van der Waals surface area contributed by atoms with Gasteiger partial charge in [-0.2, -0.15) is 17.6 Å². The van der Waals surface area contributed by atoms with Gasteiger partial charge in [0.1, 0.15) is 30.9 Å². The van der Waals surface area contributed by atoms with Crippen LogP contribution < -0.4 is 30.7 Å². The Kier molecular flexibility index (Phi) is 24.3. The highest BCUT2D eigenvalue weighted by Gasteiger charge is 2.37. The largest absolute Gasteiger partial charge is 0.481 e. The smallest absolute Gasteiger partial charge is 0.313 e. The molecule has 2 aliphatic heterocycles. The van der Waals surface area contributed by atoms with E-state index in [-0.39, 0.29) is 74.8 Å². The number of rotatable bonds is 18. The SMILES string of the molecule is CC(C)(C)OC(=O)C[C@H](NC(=O)C1CCN(C(=O)C(=O)Nc2ccc(C(C)(C)C)cc2)CC1)C(=O)COc1c(F)c(F)cc(F)c1F.CC(C)(C)c1ccc(NC(=O)C(=O)N2CCC(C(=O)N[C@@H](CC(=O)O)C(=O)COc3c(F)c(F)cc(F)c3F)CC2)cc1. The lowest BCUT2D eigenvalue weighted by Gasteiger charge is -2.31. The van der Waals surface area contributed by atoms with Gasteiger partial charge in [-0.15, -0.1) is 0 Å². The molecule has 6 amide bonds. The summed E-state index contributed by atoms with van der Waals surface area (Å²) < 4.78 is 124. The van der Waals surface area contributed by atoms with Crippen molar-refractivity contribution in [1.82, 2.24) is 20.4 Å². The number of carboxylic acid groups (broad SMARTS) is 1. The number of carbonyl (C=O) groups is 10. The summed E-state index contributed by atoms with van der Waals surface area (Å²) in [6.07, 6.45) is -1.17. The van der Waals surface area contributed by atoms with Gasteiger partial charge >= 0.3 is 35.6 Å². The second-order valence-electron chi connectivity index (χ2n) is 24.3. The molecule has 28 heteroatoms. The number of anilines is 2. The molecule has 6 rings (SSSR count). The van der Waals surface area contributed by atoms with Gasteiger partial charge in [-0.25, -0.2) is 17.6 Å². The van der Waals surface area contributed by atoms with E-state index in [1.54, 1.807) is 45.0 Å². The average Bonchev–Trinajstić information content (AvgIpc) is 2.86. The summed E-state index contributed by atoms with van der Waals surface area (Å²) in [4.78, 5) is 128. The molecule has 488 valence electrons. The number of likely N-dealkylation sites (tertiary alicyclic amines) is 2. The Morgan fingerprint density at radius 3 is 1.10 bits per heavy atom. The predicted octanol–water partition coefficient (Wildman–Crippen LogP) is 7.91. The van der Waals surface area contributed by atoms with Crippen LogP contribution in [-0.2, 0) is 63.5 Å². The molecule has 4 aromatic rings. The molecule has 0 saturated carbocycles. The fraction of sp³-hybridized carbons (Fsp3) is 0.452. The number of aliphatic carboxylic acids is 1. The number of carbonyl (C=O) groups excluding carboxylic acids is 9. The maximum absolute atomic E-state index is 14.0. The summed E-state index contributed by atoms with van der Waals surface area (Å²) in [7, 11) is 0. The molecule has 2 saturated heterocycles. The van der Waals surface area contributed by atoms with E-state index in [2.05, 4.69) is 26.0 Å². The molecular weight excluding hydrogens is 1200 g/mol. The van der Waals surface area contributed by atoms with Crippen LogP contribution in [0.15, 0.2) is 60.7 Å². The Balaban J connectivity index is 0.000000329. The number of nitrogens with one attached hydrogen (secondary N) is 4. The molecule has 5 N–H and O–H groups in total. The summed E-state index contributed by atoms with van der Waals surface area (Å²) in [5.41, 5.74) is 1.85. The number of halogens is 8. The number of hydrogen-bond acceptors (Lipinski definition) is 13. The fourth-order valence-electron chi connectivity index (χ4n) is 9.09. The molecule has 2 atom stereocenters. The zero-order valence-electron chi connectivity index (χ0n) is 50.7. The van der Waals surface area contributed by atoms with Gasteiger partial charge in [-0.1, -0.05) is 65.8 Å². The van der Waals surface area contributed by atoms with Crippen LogP contribution in [0, 0.1) is 58.4 Å². The Bertz CT molecular complexity index is 3300. The van der Waals surface area contributed by atoms with Gasteiger partial charge in [0.15, 0.2) is 46.3 Å². The molecule has 2 fully saturated rings. The number of nitrogens with zero attached hydrogens (tertiary/aromatic N) is 2. The maximum atomic E-state index is 14.0. The Morgan fingerprint density at radius 1 is 0.500 bits per heavy atom. The van der Waals surface area contributed by atoms with Crippen LogP contribution in [0.4, 0.5) is 46.5 Å². The Morgan fingerprint density at radius 2 is 0.811 bits per heavy atom. The van der Waals surface area contributed by atoms with Crippen molar-refractivity contribution in [2.24, 2.45) is 11.8 Å². The standard InChI is InChI=1S/C33H39F4N3O7.C29H31F4N3O7/c1-32(2,3)19-7-9-20(10-8-19)38-30(44)31(45)40-13-11-18(12-14-40)29(43)39-23(16-25(42)47-33(4,5)6)24(41)17-46-28-26(36)21(34)15-22(35)27(28)37;1-29(2,3)16-4-6-17(7-5-16)34-27(41)28(42)36-10-8-15(9-11-36)26(40)35-20(13-22(38)39)21(37)14-43-25-23(32)18(30)12-19(31)24(25)33/h7-10,15,18,23H,11-14,16-17H2,1-6H3,(H,38,44)(H,39,43);4-7,12,15,20H,8-11,13-14H2,1-3H3,(H,34,41)(H,35,40)(H,38,39)/t23-;20-/m00/s1. The molecule has 0 aromatic heterocycles. The highest BCUT2D eigenvalue weighted by Crippen LogP contribution is 2.30. The van der Waals surface area contributed by atoms with Crippen molar-refractivity contribution in [2.75, 3.05) is 50.0 Å². The van der Waals surface area contributed by atoms with E-state index in [0.29, 0.717) is 11.4 Å². The van der Waals surface area contributed by atoms with Crippen molar-refractivity contribution in [1.29, 1.82) is 0 Å². The fourth-order valence-corrected chi connectivity index (χ4v) is 9.09. The lowest BCUT2D eigenvalue weighted by Crippen LogP contribution is -2.50. The van der Waals surface area contributed by atoms with Crippen molar-refractivity contribution < 1.29 is 102 Å². The molecule has 0 aliphatic carbocycles. The van der Waals surface area contributed by atoms with E-state index in [1.165, 1.54) is 9.80 Å². The normalized spacial score (nSPS) is 14.6. The lowest BCUT2D eigenvalue weighted by atomic mass is 9.87. The zero-order chi connectivity index (χ0) is 67.3. The minimum atomic E-state index is -1.89. The summed E-state index contributed by atoms with van der Waals surface area (Å²) in [6.45, 7) is 14.8. The maximum Gasteiger partial charge on any atom is 0.313 e. The number of esters is 1. The van der Waals surface area contributed by atoms with Gasteiger partial charge in [0.25, 0.3) is 0 Å². The molecule has 0 unspecified atom stereocenters. The number of benzene rings is 4. The van der Waals surface area contributed by atoms with Crippen molar-refractivity contribution in [3.05, 3.63) is 118 Å². The van der Waals surface area contributed by atoms with Crippen molar-refractivity contribution >= 4 is 70.3 Å². The van der Waals surface area contributed by atoms with Gasteiger partial charge in [0.05, 0.1) is 12.8 Å². The van der Waals surface area contributed by atoms with E-state index < -0.39 is 173 Å². The number of amides is 6. The zero-order valence-corrected chi connectivity index (χ0v) is 50.7. The van der Waals surface area contributed by atoms with E-state index >= 15 is 0 Å². The summed E-state index contributed by atoms with van der Waals surface area (Å²) in [6, 6.07) is 10.8. The Labute approximate surface area is 512 Å². The second-order valence-corrected chi connectivity index (χ2v) is 24.3. The summed E-state index contributed by atoms with van der Waals surface area (Å²) in [5, 5.41) is 18.9. The summed E-state index contributed by atoms with van der Waals surface area (Å²) >= 11 is 0. The van der Waals surface area contributed by atoms with Crippen LogP contribution >= 0.6 is 0 Å². The van der Waals surface area contributed by atoms with E-state index in [0.717, 1.165) is 11.1 Å². The molecular formula is C62H70F8N6O14. The van der Waals surface area contributed by atoms with Crippen LogP contribution in [0.2, 0.25) is 0 Å². The van der Waals surface area contributed by atoms with Crippen molar-refractivity contribution in [2.45, 2.75) is 129 Å². The quantitative estimate of drug-likeness (QED) is 0.0274. The van der Waals surface area contributed by atoms with Crippen molar-refractivity contribution in [3.63, 3.8) is 0 Å². The molecule has 0 radical (unpaired) electrons. The first-order valence-corrected chi connectivity index (χ1v) is 28.3. The third-order valence-electron chi connectivity index (χ3n) is 14.2. The van der Waals surface area contributed by atoms with Crippen molar-refractivity contribution in [3.8, 4) is 11.5 Å². The highest BCUT2D eigenvalue weighted by molar-refractivity contribution is 6.40. The monoisotopic (exact) mass is 1270 g/mol. The van der Waals surface area contributed by atoms with E-state index in [9.17, 15) is 83.1 Å². The van der Waals surface area contributed by atoms with Gasteiger partial charge in [-0.3, -0.25) is 47.9 Å². The number of piperidine rings is 2.